The molecule has 0 aliphatic heterocycles. The van der Waals surface area contributed by atoms with E-state index in [9.17, 15) is 8.42 Å². The molecule has 8 heteroatoms. The third-order valence-electron chi connectivity index (χ3n) is 2.45. The van der Waals surface area contributed by atoms with E-state index in [-0.39, 0.29) is 15.6 Å². The molecule has 0 saturated carbocycles. The molecule has 106 valence electrons. The molecule has 20 heavy (non-hydrogen) atoms. The van der Waals surface area contributed by atoms with E-state index >= 15 is 0 Å². The Bertz CT molecular complexity index is 766. The van der Waals surface area contributed by atoms with Crippen LogP contribution in [-0.2, 0) is 10.0 Å². The minimum absolute atomic E-state index is 0.0645. The zero-order valence-electron chi connectivity index (χ0n) is 9.90. The van der Waals surface area contributed by atoms with E-state index in [0.717, 1.165) is 0 Å². The lowest BCUT2D eigenvalue weighted by atomic mass is 10.3. The van der Waals surface area contributed by atoms with Gasteiger partial charge < -0.3 is 5.73 Å². The minimum atomic E-state index is -3.77. The number of anilines is 2. The van der Waals surface area contributed by atoms with Crippen molar-refractivity contribution in [2.75, 3.05) is 10.5 Å². The van der Waals surface area contributed by atoms with E-state index in [1.807, 2.05) is 0 Å². The Kier molecular flexibility index (Phi) is 4.49. The van der Waals surface area contributed by atoms with Crippen LogP contribution in [0.15, 0.2) is 45.8 Å². The lowest BCUT2D eigenvalue weighted by molar-refractivity contribution is 0.601. The lowest BCUT2D eigenvalue weighted by Gasteiger charge is -2.10. The van der Waals surface area contributed by atoms with Gasteiger partial charge in [-0.05, 0) is 52.3 Å². The first-order valence-corrected chi connectivity index (χ1v) is 8.36. The molecule has 0 heterocycles. The number of nitrogens with one attached hydrogen (secondary N) is 1. The summed E-state index contributed by atoms with van der Waals surface area (Å²) in [5, 5.41) is 0.637. The number of nitrogens with two attached hydrogens (primary N) is 1. The monoisotopic (exact) mass is 394 g/mol. The fourth-order valence-corrected chi connectivity index (χ4v) is 3.47. The van der Waals surface area contributed by atoms with E-state index in [2.05, 4.69) is 20.7 Å². The van der Waals surface area contributed by atoms with E-state index in [4.69, 9.17) is 28.9 Å². The van der Waals surface area contributed by atoms with Gasteiger partial charge in [0.05, 0.1) is 15.6 Å². The Balaban J connectivity index is 2.40. The molecule has 0 atom stereocenters. The molecule has 2 aromatic carbocycles. The molecule has 0 aromatic heterocycles. The lowest BCUT2D eigenvalue weighted by Crippen LogP contribution is -2.13. The average molecular weight is 396 g/mol. The standard InChI is InChI=1S/C12H9BrCl2N2O2S/c13-9-6-8(2-4-11(9)16)20(18,19)17-12-5-7(14)1-3-10(12)15/h1-6,17H,16H2. The van der Waals surface area contributed by atoms with Crippen LogP contribution in [0, 0.1) is 0 Å². The summed E-state index contributed by atoms with van der Waals surface area (Å²) in [6, 6.07) is 8.84. The van der Waals surface area contributed by atoms with E-state index in [0.29, 0.717) is 15.2 Å². The van der Waals surface area contributed by atoms with Crippen LogP contribution in [-0.4, -0.2) is 8.42 Å². The van der Waals surface area contributed by atoms with Crippen molar-refractivity contribution in [2.24, 2.45) is 0 Å². The number of benzene rings is 2. The molecule has 0 bridgehead atoms. The van der Waals surface area contributed by atoms with Gasteiger partial charge in [0.2, 0.25) is 0 Å². The number of nitrogen functional groups attached to an aromatic ring is 1. The summed E-state index contributed by atoms with van der Waals surface area (Å²) in [6.45, 7) is 0. The Morgan fingerprint density at radius 3 is 2.45 bits per heavy atom. The summed E-state index contributed by atoms with van der Waals surface area (Å²) in [5.41, 5.74) is 6.29. The van der Waals surface area contributed by atoms with E-state index in [1.165, 1.54) is 30.3 Å². The van der Waals surface area contributed by atoms with Gasteiger partial charge in [-0.25, -0.2) is 8.42 Å². The molecular formula is C12H9BrCl2N2O2S. The topological polar surface area (TPSA) is 72.2 Å². The van der Waals surface area contributed by atoms with E-state index < -0.39 is 10.0 Å². The predicted octanol–water partition coefficient (Wildman–Crippen LogP) is 4.14. The molecule has 2 rings (SSSR count). The van der Waals surface area contributed by atoms with Gasteiger partial charge >= 0.3 is 0 Å². The summed E-state index contributed by atoms with van der Waals surface area (Å²) in [5.74, 6) is 0. The van der Waals surface area contributed by atoms with Crippen molar-refractivity contribution in [3.8, 4) is 0 Å². The van der Waals surface area contributed by atoms with Crippen molar-refractivity contribution in [1.82, 2.24) is 0 Å². The van der Waals surface area contributed by atoms with Crippen LogP contribution >= 0.6 is 39.1 Å². The summed E-state index contributed by atoms with van der Waals surface area (Å²) >= 11 is 14.9. The molecule has 0 radical (unpaired) electrons. The number of rotatable bonds is 3. The molecule has 0 amide bonds. The first-order chi connectivity index (χ1) is 9.29. The van der Waals surface area contributed by atoms with Gasteiger partial charge in [-0.2, -0.15) is 0 Å². The zero-order chi connectivity index (χ0) is 14.9. The molecule has 2 aromatic rings. The predicted molar refractivity (Wildman–Crippen MR) is 85.8 cm³/mol. The Morgan fingerprint density at radius 1 is 1.10 bits per heavy atom. The van der Waals surface area contributed by atoms with Gasteiger partial charge in [-0.15, -0.1) is 0 Å². The van der Waals surface area contributed by atoms with Gasteiger partial charge in [0.15, 0.2) is 0 Å². The number of sulfonamides is 1. The van der Waals surface area contributed by atoms with Crippen molar-refractivity contribution in [3.63, 3.8) is 0 Å². The van der Waals surface area contributed by atoms with Gasteiger partial charge in [0.25, 0.3) is 10.0 Å². The van der Waals surface area contributed by atoms with Crippen LogP contribution < -0.4 is 10.5 Å². The molecule has 0 unspecified atom stereocenters. The first kappa shape index (κ1) is 15.4. The van der Waals surface area contributed by atoms with Crippen molar-refractivity contribution in [1.29, 1.82) is 0 Å². The van der Waals surface area contributed by atoms with Gasteiger partial charge in [0.1, 0.15) is 0 Å². The zero-order valence-corrected chi connectivity index (χ0v) is 13.8. The maximum atomic E-state index is 12.3. The highest BCUT2D eigenvalue weighted by molar-refractivity contribution is 9.10. The number of halogens is 3. The van der Waals surface area contributed by atoms with Crippen LogP contribution in [0.3, 0.4) is 0 Å². The highest BCUT2D eigenvalue weighted by atomic mass is 79.9. The van der Waals surface area contributed by atoms with E-state index in [1.54, 1.807) is 6.07 Å². The van der Waals surface area contributed by atoms with Crippen LogP contribution in [0.25, 0.3) is 0 Å². The largest absolute Gasteiger partial charge is 0.398 e. The van der Waals surface area contributed by atoms with Gasteiger partial charge in [-0.1, -0.05) is 23.2 Å². The fraction of sp³-hybridized carbons (Fsp3) is 0. The Labute approximate surface area is 135 Å². The first-order valence-electron chi connectivity index (χ1n) is 5.32. The third-order valence-corrected chi connectivity index (χ3v) is 5.07. The van der Waals surface area contributed by atoms with Crippen LogP contribution in [0.1, 0.15) is 0 Å². The smallest absolute Gasteiger partial charge is 0.261 e. The molecule has 0 spiro atoms. The van der Waals surface area contributed by atoms with Crippen molar-refractivity contribution >= 4 is 60.5 Å². The molecule has 0 aliphatic rings. The van der Waals surface area contributed by atoms with Crippen LogP contribution in [0.5, 0.6) is 0 Å². The molecule has 4 nitrogen and oxygen atoms in total. The van der Waals surface area contributed by atoms with Crippen LogP contribution in [0.2, 0.25) is 10.0 Å². The highest BCUT2D eigenvalue weighted by Gasteiger charge is 2.17. The summed E-state index contributed by atoms with van der Waals surface area (Å²) in [6.07, 6.45) is 0. The summed E-state index contributed by atoms with van der Waals surface area (Å²) in [7, 11) is -3.77. The van der Waals surface area contributed by atoms with Crippen molar-refractivity contribution in [2.45, 2.75) is 4.90 Å². The average Bonchev–Trinajstić information content (AvgIpc) is 2.36. The maximum Gasteiger partial charge on any atom is 0.261 e. The number of hydrogen-bond donors (Lipinski definition) is 2. The van der Waals surface area contributed by atoms with Gasteiger partial charge in [0, 0.05) is 15.2 Å². The van der Waals surface area contributed by atoms with Crippen molar-refractivity contribution < 1.29 is 8.42 Å². The fourth-order valence-electron chi connectivity index (χ4n) is 1.45. The number of hydrogen-bond acceptors (Lipinski definition) is 3. The molecular weight excluding hydrogens is 387 g/mol. The Hall–Kier alpha value is -0.950. The minimum Gasteiger partial charge on any atom is -0.398 e. The quantitative estimate of drug-likeness (QED) is 0.767. The highest BCUT2D eigenvalue weighted by Crippen LogP contribution is 2.29. The van der Waals surface area contributed by atoms with Gasteiger partial charge in [-0.3, -0.25) is 4.72 Å². The van der Waals surface area contributed by atoms with Crippen LogP contribution in [0.4, 0.5) is 11.4 Å². The second-order valence-electron chi connectivity index (χ2n) is 3.91. The van der Waals surface area contributed by atoms with Crippen molar-refractivity contribution in [3.05, 3.63) is 50.9 Å². The molecule has 0 aliphatic carbocycles. The SMILES string of the molecule is Nc1ccc(S(=O)(=O)Nc2cc(Cl)ccc2Cl)cc1Br. The second kappa shape index (κ2) is 5.81. The summed E-state index contributed by atoms with van der Waals surface area (Å²) in [4.78, 5) is 0.0645. The molecule has 3 N–H and O–H groups in total. The third kappa shape index (κ3) is 3.38. The normalized spacial score (nSPS) is 11.3. The maximum absolute atomic E-state index is 12.3. The molecule has 0 fully saturated rings. The molecule has 0 saturated heterocycles. The Morgan fingerprint density at radius 2 is 1.80 bits per heavy atom. The second-order valence-corrected chi connectivity index (χ2v) is 7.29. The summed E-state index contributed by atoms with van der Waals surface area (Å²) < 4.78 is 27.4.